The van der Waals surface area contributed by atoms with Crippen LogP contribution in [0.15, 0.2) is 22.4 Å². The van der Waals surface area contributed by atoms with E-state index in [0.717, 1.165) is 21.8 Å². The molecule has 6 heterocycles. The van der Waals surface area contributed by atoms with Gasteiger partial charge in [0.2, 0.25) is 5.95 Å². The molecule has 2 fully saturated rings. The fourth-order valence-corrected chi connectivity index (χ4v) is 10.4. The van der Waals surface area contributed by atoms with Crippen molar-refractivity contribution in [2.45, 2.75) is 55.5 Å². The molecule has 3 aromatic rings. The topological polar surface area (TPSA) is 458 Å². The molecule has 55 heavy (non-hydrogen) atoms. The summed E-state index contributed by atoms with van der Waals surface area (Å²) in [5.74, 6) is -1.21. The number of imidazole rings is 2. The lowest BCUT2D eigenvalue weighted by atomic mass is 10.1. The van der Waals surface area contributed by atoms with Gasteiger partial charge in [0, 0.05) is 6.42 Å². The predicted molar refractivity (Wildman–Crippen MR) is 171 cm³/mol. The number of aliphatic imine (C=N–C) groups is 1. The number of rotatable bonds is 14. The lowest BCUT2D eigenvalue weighted by molar-refractivity contribution is -0.0529. The highest BCUT2D eigenvalue weighted by atomic mass is 31.3. The van der Waals surface area contributed by atoms with Crippen molar-refractivity contribution in [2.75, 3.05) is 18.9 Å². The van der Waals surface area contributed by atoms with Gasteiger partial charge in [0.1, 0.15) is 42.5 Å². The van der Waals surface area contributed by atoms with E-state index < -0.39 is 105 Å². The first kappa shape index (κ1) is 41.5. The van der Waals surface area contributed by atoms with Crippen LogP contribution in [-0.4, -0.2) is 131 Å². The molecule has 3 aliphatic rings. The molecular weight excluding hydrogens is 838 g/mol. The molecule has 0 aromatic carbocycles. The van der Waals surface area contributed by atoms with Crippen LogP contribution in [0.3, 0.4) is 0 Å². The zero-order chi connectivity index (χ0) is 40.4. The number of anilines is 1. The molecule has 0 saturated carbocycles. The van der Waals surface area contributed by atoms with Gasteiger partial charge < -0.3 is 65.5 Å². The Balaban J connectivity index is 1.01. The molecule has 6 rings (SSSR count). The van der Waals surface area contributed by atoms with Gasteiger partial charge in [-0.2, -0.15) is 22.9 Å². The zero-order valence-corrected chi connectivity index (χ0v) is 30.5. The van der Waals surface area contributed by atoms with Crippen molar-refractivity contribution in [3.63, 3.8) is 0 Å². The van der Waals surface area contributed by atoms with E-state index in [-0.39, 0.29) is 40.8 Å². The number of aromatic amines is 1. The fourth-order valence-electron chi connectivity index (χ4n) is 5.48. The molecule has 304 valence electrons. The van der Waals surface area contributed by atoms with Crippen molar-refractivity contribution in [2.24, 2.45) is 10.7 Å². The molecule has 3 aliphatic heterocycles. The number of phosphoric ester groups is 2. The Bertz CT molecular complexity index is 2280. The van der Waals surface area contributed by atoms with E-state index >= 15 is 0 Å². The van der Waals surface area contributed by atoms with E-state index in [1.807, 2.05) is 0 Å². The van der Waals surface area contributed by atoms with Crippen LogP contribution >= 0.6 is 31.3 Å². The van der Waals surface area contributed by atoms with Crippen LogP contribution in [0.25, 0.3) is 11.2 Å². The highest BCUT2D eigenvalue weighted by Crippen LogP contribution is 2.71. The Labute approximate surface area is 303 Å². The molecule has 30 nitrogen and oxygen atoms in total. The molecule has 12 atom stereocenters. The fraction of sp³-hybridized carbons (Fsp3) is 0.524. The van der Waals surface area contributed by atoms with Gasteiger partial charge in [-0.3, -0.25) is 28.2 Å². The highest BCUT2D eigenvalue weighted by molar-refractivity contribution is 7.69. The van der Waals surface area contributed by atoms with Gasteiger partial charge in [-0.1, -0.05) is 0 Å². The standard InChI is InChI=1S/C21H29N9O21P4/c22-9-1-6-10(17(35)26-9)24-4-29(6)19-14(33)12(31)7(47-19)2-45-52(37,38)49-54(41,42)51-55(43,44)50-53(39,40)46-3-8-13(32)15(34)20(48-8)30-5-25-11-16(30)27-21(23)28-18(11)36/h4-5,7-8,12-15,19-20,31-34H,1-3H2,(H,37,38)(H,39,40)(H,41,42)(H,43,44)(H2,22,26,35)(H3,23,27,28,36)/t7?,8?,12-,13-,14-,15-,19-,20-/m1/s1. The summed E-state index contributed by atoms with van der Waals surface area (Å²) in [4.78, 5) is 81.1. The number of fused-ring (bicyclic) bond motifs is 2. The third kappa shape index (κ3) is 8.88. The summed E-state index contributed by atoms with van der Waals surface area (Å²) in [6, 6.07) is 0. The minimum atomic E-state index is -6.24. The maximum Gasteiger partial charge on any atom is 0.490 e. The largest absolute Gasteiger partial charge is 0.490 e. The van der Waals surface area contributed by atoms with Gasteiger partial charge >= 0.3 is 31.3 Å². The highest BCUT2D eigenvalue weighted by Gasteiger charge is 2.50. The van der Waals surface area contributed by atoms with Gasteiger partial charge in [0.25, 0.3) is 11.5 Å². The van der Waals surface area contributed by atoms with Crippen LogP contribution < -0.4 is 17.0 Å². The summed E-state index contributed by atoms with van der Waals surface area (Å²) in [6.45, 7) is -2.33. The SMILES string of the molecule is NC1=NC(=O)c2ncn([C@@H]3OC(COP(=O)(O)OP(=O)(O)OP(=O)(O)OP(=O)(O)OCC4O[C@@H](n5cnc6c(=O)[nH]c(N)nc65)[C@H](O)[C@@H]4O)[C@@H](O)[C@H]3O)c2C1. The number of ether oxygens (including phenoxy) is 2. The molecular formula is C21H29N9O21P4. The summed E-state index contributed by atoms with van der Waals surface area (Å²) >= 11 is 0. The Morgan fingerprint density at radius 1 is 0.764 bits per heavy atom. The number of phosphoric acid groups is 4. The number of aromatic nitrogens is 6. The number of carbonyl (C=O) groups excluding carboxylic acids is 1. The molecule has 0 bridgehead atoms. The predicted octanol–water partition coefficient (Wildman–Crippen LogP) is -3.62. The zero-order valence-electron chi connectivity index (χ0n) is 26.9. The van der Waals surface area contributed by atoms with Crippen LogP contribution in [0, 0.1) is 0 Å². The summed E-state index contributed by atoms with van der Waals surface area (Å²) in [5.41, 5.74) is 10.0. The smallest absolute Gasteiger partial charge is 0.387 e. The van der Waals surface area contributed by atoms with E-state index in [4.69, 9.17) is 20.9 Å². The summed E-state index contributed by atoms with van der Waals surface area (Å²) in [5, 5.41) is 41.9. The lowest BCUT2D eigenvalue weighted by Gasteiger charge is -2.21. The second-order valence-electron chi connectivity index (χ2n) is 11.6. The Morgan fingerprint density at radius 2 is 1.25 bits per heavy atom. The monoisotopic (exact) mass is 867 g/mol. The van der Waals surface area contributed by atoms with Gasteiger partial charge in [-0.05, 0) is 0 Å². The van der Waals surface area contributed by atoms with Crippen molar-refractivity contribution < 1.29 is 94.5 Å². The number of hydrogen-bond donors (Lipinski definition) is 11. The third-order valence-corrected chi connectivity index (χ3v) is 13.7. The number of amides is 1. The number of H-pyrrole nitrogens is 1. The van der Waals surface area contributed by atoms with Crippen LogP contribution in [-0.2, 0) is 56.1 Å². The first-order valence-electron chi connectivity index (χ1n) is 14.9. The molecule has 0 aliphatic carbocycles. The number of nitrogen functional groups attached to an aromatic ring is 1. The van der Waals surface area contributed by atoms with Crippen molar-refractivity contribution >= 4 is 60.1 Å². The van der Waals surface area contributed by atoms with Gasteiger partial charge in [-0.25, -0.2) is 28.2 Å². The van der Waals surface area contributed by atoms with Gasteiger partial charge in [0.15, 0.2) is 29.3 Å². The second kappa shape index (κ2) is 15.0. The van der Waals surface area contributed by atoms with Crippen LogP contribution in [0.1, 0.15) is 28.6 Å². The van der Waals surface area contributed by atoms with Crippen molar-refractivity contribution in [3.05, 3.63) is 34.4 Å². The minimum absolute atomic E-state index is 0.0898. The average Bonchev–Trinajstić information content (AvgIpc) is 3.79. The number of nitrogens with one attached hydrogen (secondary N) is 1. The minimum Gasteiger partial charge on any atom is -0.387 e. The van der Waals surface area contributed by atoms with Crippen LogP contribution in [0.2, 0.25) is 0 Å². The quantitative estimate of drug-likeness (QED) is 0.0697. The Hall–Kier alpha value is -3.18. The van der Waals surface area contributed by atoms with Gasteiger partial charge in [0.05, 0.1) is 31.6 Å². The number of hydrogen-bond acceptors (Lipinski definition) is 22. The number of aliphatic hydroxyl groups is 4. The van der Waals surface area contributed by atoms with Crippen LogP contribution in [0.4, 0.5) is 5.95 Å². The number of nitrogens with zero attached hydrogens (tertiary/aromatic N) is 6. The molecule has 0 radical (unpaired) electrons. The van der Waals surface area contributed by atoms with E-state index in [9.17, 15) is 67.8 Å². The number of carbonyl (C=O) groups is 1. The second-order valence-corrected chi connectivity index (χ2v) is 17.8. The lowest BCUT2D eigenvalue weighted by Crippen LogP contribution is -2.34. The normalized spacial score (nSPS) is 31.3. The maximum atomic E-state index is 12.4. The first-order valence-corrected chi connectivity index (χ1v) is 20.9. The Kier molecular flexibility index (Phi) is 11.3. The molecule has 2 saturated heterocycles. The van der Waals surface area contributed by atoms with Crippen molar-refractivity contribution in [1.29, 1.82) is 0 Å². The van der Waals surface area contributed by atoms with Crippen LogP contribution in [0.5, 0.6) is 0 Å². The van der Waals surface area contributed by atoms with Crippen molar-refractivity contribution in [3.8, 4) is 0 Å². The third-order valence-electron chi connectivity index (χ3n) is 7.79. The number of aliphatic hydroxyl groups excluding tert-OH is 4. The first-order chi connectivity index (χ1) is 25.5. The van der Waals surface area contributed by atoms with E-state index in [1.54, 1.807) is 0 Å². The molecule has 13 N–H and O–H groups in total. The van der Waals surface area contributed by atoms with E-state index in [0.29, 0.717) is 0 Å². The van der Waals surface area contributed by atoms with Crippen molar-refractivity contribution in [1.82, 2.24) is 29.1 Å². The summed E-state index contributed by atoms with van der Waals surface area (Å²) in [7, 11) is -24.1. The Morgan fingerprint density at radius 3 is 1.80 bits per heavy atom. The molecule has 6 unspecified atom stereocenters. The van der Waals surface area contributed by atoms with E-state index in [1.165, 1.54) is 0 Å². The maximum absolute atomic E-state index is 12.4. The molecule has 0 spiro atoms. The van der Waals surface area contributed by atoms with E-state index in [2.05, 4.69) is 46.9 Å². The molecule has 3 aromatic heterocycles. The van der Waals surface area contributed by atoms with Gasteiger partial charge in [-0.15, -0.1) is 0 Å². The number of nitrogens with two attached hydrogens (primary N) is 2. The summed E-state index contributed by atoms with van der Waals surface area (Å²) < 4.78 is 83.2. The number of amidine groups is 1. The summed E-state index contributed by atoms with van der Waals surface area (Å²) in [6.07, 6.45) is -11.7. The molecule has 34 heteroatoms. The average molecular weight is 867 g/mol. The molecule has 1 amide bonds.